The van der Waals surface area contributed by atoms with E-state index in [-0.39, 0.29) is 16.7 Å². The number of hydrogen-bond acceptors (Lipinski definition) is 6. The number of nitrogens with one attached hydrogen (secondary N) is 1. The minimum atomic E-state index is -0.764. The third kappa shape index (κ3) is 4.51. The molecule has 0 aliphatic carbocycles. The highest BCUT2D eigenvalue weighted by Gasteiger charge is 2.37. The topological polar surface area (TPSA) is 92.8 Å². The predicted octanol–water partition coefficient (Wildman–Crippen LogP) is 4.31. The van der Waals surface area contributed by atoms with Gasteiger partial charge in [-0.25, -0.2) is 9.69 Å². The molecule has 166 valence electrons. The van der Waals surface area contributed by atoms with Gasteiger partial charge in [-0.15, -0.1) is 11.8 Å². The van der Waals surface area contributed by atoms with E-state index in [1.165, 1.54) is 18.2 Å². The molecule has 0 saturated heterocycles. The van der Waals surface area contributed by atoms with Crippen LogP contribution in [0.3, 0.4) is 0 Å². The van der Waals surface area contributed by atoms with Crippen LogP contribution in [0.15, 0.2) is 71.6 Å². The number of para-hydroxylation sites is 1. The molecule has 1 aliphatic rings. The summed E-state index contributed by atoms with van der Waals surface area (Å²) >= 11 is 1.59. The van der Waals surface area contributed by atoms with Crippen LogP contribution in [0.2, 0.25) is 0 Å². The Morgan fingerprint density at radius 3 is 2.33 bits per heavy atom. The maximum Gasteiger partial charge on any atom is 0.338 e. The second-order valence-corrected chi connectivity index (χ2v) is 8.23. The van der Waals surface area contributed by atoms with Gasteiger partial charge < -0.3 is 10.1 Å². The van der Waals surface area contributed by atoms with Gasteiger partial charge in [-0.05, 0) is 67.3 Å². The number of amides is 3. The standard InChI is InChI=1S/C25H20N2O5S/c1-15-5-3-4-6-21(15)27-23(29)19-12-7-16(13-20(19)24(27)30)25(31)32-14-22(28)26-17-8-10-18(33-2)11-9-17/h3-13H,14H2,1-2H3,(H,26,28). The number of hydrogen-bond donors (Lipinski definition) is 1. The van der Waals surface area contributed by atoms with E-state index < -0.39 is 30.3 Å². The zero-order valence-corrected chi connectivity index (χ0v) is 18.8. The van der Waals surface area contributed by atoms with Gasteiger partial charge in [0.1, 0.15) is 0 Å². The van der Waals surface area contributed by atoms with E-state index in [9.17, 15) is 19.2 Å². The van der Waals surface area contributed by atoms with E-state index in [1.54, 1.807) is 36.0 Å². The Balaban J connectivity index is 1.43. The summed E-state index contributed by atoms with van der Waals surface area (Å²) < 4.78 is 5.09. The van der Waals surface area contributed by atoms with Gasteiger partial charge in [-0.2, -0.15) is 0 Å². The summed E-state index contributed by atoms with van der Waals surface area (Å²) in [6.07, 6.45) is 1.95. The highest BCUT2D eigenvalue weighted by atomic mass is 32.2. The number of imide groups is 1. The van der Waals surface area contributed by atoms with E-state index >= 15 is 0 Å². The van der Waals surface area contributed by atoms with Crippen LogP contribution in [0.4, 0.5) is 11.4 Å². The first kappa shape index (κ1) is 22.3. The Morgan fingerprint density at radius 2 is 1.64 bits per heavy atom. The summed E-state index contributed by atoms with van der Waals surface area (Å²) in [7, 11) is 0. The second kappa shape index (κ2) is 9.30. The number of thioether (sulfide) groups is 1. The van der Waals surface area contributed by atoms with Crippen molar-refractivity contribution in [3.63, 3.8) is 0 Å². The highest BCUT2D eigenvalue weighted by Crippen LogP contribution is 2.31. The van der Waals surface area contributed by atoms with Gasteiger partial charge in [-0.3, -0.25) is 14.4 Å². The molecule has 0 aromatic heterocycles. The van der Waals surface area contributed by atoms with Gasteiger partial charge >= 0.3 is 5.97 Å². The summed E-state index contributed by atoms with van der Waals surface area (Å²) in [5.74, 6) is -2.21. The molecule has 0 atom stereocenters. The van der Waals surface area contributed by atoms with Gasteiger partial charge in [0.15, 0.2) is 6.61 Å². The van der Waals surface area contributed by atoms with Gasteiger partial charge in [0.2, 0.25) is 0 Å². The minimum Gasteiger partial charge on any atom is -0.452 e. The Kier molecular flexibility index (Phi) is 6.28. The smallest absolute Gasteiger partial charge is 0.338 e. The molecule has 33 heavy (non-hydrogen) atoms. The summed E-state index contributed by atoms with van der Waals surface area (Å²) in [5, 5.41) is 2.65. The van der Waals surface area contributed by atoms with Gasteiger partial charge in [0.25, 0.3) is 17.7 Å². The van der Waals surface area contributed by atoms with Crippen molar-refractivity contribution in [1.82, 2.24) is 0 Å². The van der Waals surface area contributed by atoms with Crippen LogP contribution in [0.5, 0.6) is 0 Å². The fourth-order valence-electron chi connectivity index (χ4n) is 3.49. The van der Waals surface area contributed by atoms with Crippen LogP contribution < -0.4 is 10.2 Å². The minimum absolute atomic E-state index is 0.0821. The van der Waals surface area contributed by atoms with Crippen LogP contribution in [-0.2, 0) is 9.53 Å². The van der Waals surface area contributed by atoms with Gasteiger partial charge in [0.05, 0.1) is 22.4 Å². The molecule has 0 radical (unpaired) electrons. The normalized spacial score (nSPS) is 12.5. The van der Waals surface area contributed by atoms with Crippen LogP contribution in [0.1, 0.15) is 36.6 Å². The number of fused-ring (bicyclic) bond motifs is 1. The number of esters is 1. The highest BCUT2D eigenvalue weighted by molar-refractivity contribution is 7.98. The summed E-state index contributed by atoms with van der Waals surface area (Å²) in [6.45, 7) is 1.33. The van der Waals surface area contributed by atoms with Gasteiger partial charge in [-0.1, -0.05) is 18.2 Å². The summed E-state index contributed by atoms with van der Waals surface area (Å²) in [4.78, 5) is 52.5. The molecule has 0 spiro atoms. The lowest BCUT2D eigenvalue weighted by Crippen LogP contribution is -2.29. The molecular weight excluding hydrogens is 440 g/mol. The van der Waals surface area contributed by atoms with E-state index in [4.69, 9.17) is 4.74 Å². The summed E-state index contributed by atoms with van der Waals surface area (Å²) in [5.41, 5.74) is 2.28. The maximum absolute atomic E-state index is 12.9. The number of carbonyl (C=O) groups excluding carboxylic acids is 4. The average Bonchev–Trinajstić information content (AvgIpc) is 3.07. The van der Waals surface area contributed by atoms with Crippen molar-refractivity contribution < 1.29 is 23.9 Å². The second-order valence-electron chi connectivity index (χ2n) is 7.35. The Labute approximate surface area is 194 Å². The molecule has 7 nitrogen and oxygen atoms in total. The number of nitrogens with zero attached hydrogens (tertiary/aromatic N) is 1. The molecule has 3 amide bonds. The first-order valence-corrected chi connectivity index (χ1v) is 11.3. The zero-order chi connectivity index (χ0) is 23.5. The lowest BCUT2D eigenvalue weighted by Gasteiger charge is -2.16. The van der Waals surface area contributed by atoms with Crippen molar-refractivity contribution >= 4 is 46.8 Å². The number of ether oxygens (including phenoxy) is 1. The molecule has 0 saturated carbocycles. The lowest BCUT2D eigenvalue weighted by atomic mass is 10.1. The number of aryl methyl sites for hydroxylation is 1. The van der Waals surface area contributed by atoms with Crippen molar-refractivity contribution in [2.75, 3.05) is 23.1 Å². The molecule has 1 heterocycles. The van der Waals surface area contributed by atoms with Crippen molar-refractivity contribution in [1.29, 1.82) is 0 Å². The third-order valence-corrected chi connectivity index (χ3v) is 5.93. The van der Waals surface area contributed by atoms with Crippen LogP contribution in [0, 0.1) is 6.92 Å². The first-order valence-electron chi connectivity index (χ1n) is 10.1. The van der Waals surface area contributed by atoms with E-state index in [1.807, 2.05) is 37.4 Å². The SMILES string of the molecule is CSc1ccc(NC(=O)COC(=O)c2ccc3c(c2)C(=O)N(c2ccccc2C)C3=O)cc1. The molecule has 1 N–H and O–H groups in total. The fourth-order valence-corrected chi connectivity index (χ4v) is 3.89. The Bertz CT molecular complexity index is 1270. The van der Waals surface area contributed by atoms with Crippen LogP contribution in [0.25, 0.3) is 0 Å². The molecule has 1 aliphatic heterocycles. The molecule has 3 aromatic carbocycles. The number of carbonyl (C=O) groups is 4. The lowest BCUT2D eigenvalue weighted by molar-refractivity contribution is -0.119. The fraction of sp³-hybridized carbons (Fsp3) is 0.120. The molecule has 3 aromatic rings. The number of rotatable bonds is 6. The summed E-state index contributed by atoms with van der Waals surface area (Å²) in [6, 6.07) is 18.5. The van der Waals surface area contributed by atoms with Crippen LogP contribution in [-0.4, -0.2) is 36.6 Å². The molecule has 0 bridgehead atoms. The zero-order valence-electron chi connectivity index (χ0n) is 18.0. The number of benzene rings is 3. The molecule has 8 heteroatoms. The molecule has 0 fully saturated rings. The van der Waals surface area contributed by atoms with Crippen molar-refractivity contribution in [2.45, 2.75) is 11.8 Å². The first-order chi connectivity index (χ1) is 15.9. The van der Waals surface area contributed by atoms with E-state index in [0.717, 1.165) is 15.4 Å². The average molecular weight is 461 g/mol. The Morgan fingerprint density at radius 1 is 0.939 bits per heavy atom. The molecule has 4 rings (SSSR count). The molecular formula is C25H20N2O5S. The quantitative estimate of drug-likeness (QED) is 0.335. The monoisotopic (exact) mass is 460 g/mol. The largest absolute Gasteiger partial charge is 0.452 e. The van der Waals surface area contributed by atoms with Gasteiger partial charge in [0, 0.05) is 10.6 Å². The predicted molar refractivity (Wildman–Crippen MR) is 126 cm³/mol. The van der Waals surface area contributed by atoms with Crippen molar-refractivity contribution in [3.05, 3.63) is 89.0 Å². The third-order valence-electron chi connectivity index (χ3n) is 5.19. The van der Waals surface area contributed by atoms with Crippen molar-refractivity contribution in [3.8, 4) is 0 Å². The van der Waals surface area contributed by atoms with Crippen LogP contribution >= 0.6 is 11.8 Å². The number of anilines is 2. The Hall–Kier alpha value is -3.91. The molecule has 0 unspecified atom stereocenters. The maximum atomic E-state index is 12.9. The van der Waals surface area contributed by atoms with E-state index in [0.29, 0.717) is 11.4 Å². The van der Waals surface area contributed by atoms with Crippen molar-refractivity contribution in [2.24, 2.45) is 0 Å². The van der Waals surface area contributed by atoms with E-state index in [2.05, 4.69) is 5.32 Å².